The van der Waals surface area contributed by atoms with Gasteiger partial charge in [-0.25, -0.2) is 0 Å². The molecule has 1 aromatic carbocycles. The second kappa shape index (κ2) is 8.24. The molecule has 3 nitrogen and oxygen atoms in total. The second-order valence-electron chi connectivity index (χ2n) is 7.83. The van der Waals surface area contributed by atoms with Gasteiger partial charge in [0.2, 0.25) is 0 Å². The van der Waals surface area contributed by atoms with Gasteiger partial charge in [-0.2, -0.15) is 0 Å². The van der Waals surface area contributed by atoms with Crippen LogP contribution in [0.1, 0.15) is 58.8 Å². The summed E-state index contributed by atoms with van der Waals surface area (Å²) < 4.78 is 6.20. The number of nitrogens with zero attached hydrogens (tertiary/aromatic N) is 1. The first-order valence-corrected chi connectivity index (χ1v) is 9.82. The van der Waals surface area contributed by atoms with E-state index in [1.165, 1.54) is 38.5 Å². The third-order valence-corrected chi connectivity index (χ3v) is 6.21. The Morgan fingerprint density at radius 1 is 1.12 bits per heavy atom. The quantitative estimate of drug-likeness (QED) is 0.825. The lowest BCUT2D eigenvalue weighted by Crippen LogP contribution is -2.48. The molecule has 0 amide bonds. The lowest BCUT2D eigenvalue weighted by molar-refractivity contribution is 0.0201. The highest BCUT2D eigenvalue weighted by atomic mass is 16.5. The molecule has 1 aromatic rings. The Bertz CT molecular complexity index is 512. The van der Waals surface area contributed by atoms with Gasteiger partial charge in [0.05, 0.1) is 6.10 Å². The van der Waals surface area contributed by atoms with Gasteiger partial charge < -0.3 is 14.7 Å². The van der Waals surface area contributed by atoms with Gasteiger partial charge in [0, 0.05) is 30.9 Å². The Kier molecular flexibility index (Phi) is 6.04. The minimum Gasteiger partial charge on any atom is -0.508 e. The SMILES string of the molecule is CC1CCN(c2cccc(O)c2)C(CCOC2CCCCC2)C1C. The molecule has 3 rings (SSSR count). The Balaban J connectivity index is 1.63. The van der Waals surface area contributed by atoms with E-state index in [0.29, 0.717) is 23.8 Å². The van der Waals surface area contributed by atoms with Crippen molar-refractivity contribution in [1.82, 2.24) is 0 Å². The molecule has 3 heteroatoms. The average Bonchev–Trinajstić information content (AvgIpc) is 2.60. The standard InChI is InChI=1S/C21H33NO2/c1-16-11-13-22(18-7-6-8-19(23)15-18)21(17(16)2)12-14-24-20-9-4-3-5-10-20/h6-8,15-17,20-21,23H,3-5,9-14H2,1-2H3. The molecule has 1 N–H and O–H groups in total. The smallest absolute Gasteiger partial charge is 0.117 e. The van der Waals surface area contributed by atoms with Crippen LogP contribution in [0.25, 0.3) is 0 Å². The first-order chi connectivity index (χ1) is 11.6. The van der Waals surface area contributed by atoms with Crippen LogP contribution in [0.2, 0.25) is 0 Å². The molecule has 1 aliphatic carbocycles. The Labute approximate surface area is 147 Å². The zero-order valence-corrected chi connectivity index (χ0v) is 15.3. The largest absolute Gasteiger partial charge is 0.508 e. The molecule has 0 bridgehead atoms. The van der Waals surface area contributed by atoms with E-state index in [1.54, 1.807) is 6.07 Å². The second-order valence-corrected chi connectivity index (χ2v) is 7.83. The third-order valence-electron chi connectivity index (χ3n) is 6.21. The molecular formula is C21H33NO2. The minimum atomic E-state index is 0.357. The van der Waals surface area contributed by atoms with E-state index in [0.717, 1.165) is 31.2 Å². The zero-order valence-electron chi connectivity index (χ0n) is 15.3. The van der Waals surface area contributed by atoms with Crippen LogP contribution in [0.3, 0.4) is 0 Å². The molecule has 1 heterocycles. The summed E-state index contributed by atoms with van der Waals surface area (Å²) in [7, 11) is 0. The molecule has 1 aliphatic heterocycles. The highest BCUT2D eigenvalue weighted by Crippen LogP contribution is 2.35. The van der Waals surface area contributed by atoms with Crippen molar-refractivity contribution in [2.24, 2.45) is 11.8 Å². The maximum Gasteiger partial charge on any atom is 0.117 e. The number of aromatic hydroxyl groups is 1. The number of phenols is 1. The van der Waals surface area contributed by atoms with Crippen LogP contribution in [-0.2, 0) is 4.74 Å². The highest BCUT2D eigenvalue weighted by molar-refractivity contribution is 5.51. The molecule has 1 saturated carbocycles. The number of anilines is 1. The fourth-order valence-electron chi connectivity index (χ4n) is 4.43. The van der Waals surface area contributed by atoms with Crippen molar-refractivity contribution in [3.63, 3.8) is 0 Å². The minimum absolute atomic E-state index is 0.357. The van der Waals surface area contributed by atoms with Crippen LogP contribution < -0.4 is 4.90 Å². The Morgan fingerprint density at radius 2 is 1.92 bits per heavy atom. The predicted molar refractivity (Wildman–Crippen MR) is 99.6 cm³/mol. The molecule has 0 radical (unpaired) electrons. The van der Waals surface area contributed by atoms with Gasteiger partial charge in [0.1, 0.15) is 5.75 Å². The number of hydrogen-bond donors (Lipinski definition) is 1. The lowest BCUT2D eigenvalue weighted by atomic mass is 9.80. The van der Waals surface area contributed by atoms with E-state index in [-0.39, 0.29) is 0 Å². The van der Waals surface area contributed by atoms with Crippen molar-refractivity contribution in [2.45, 2.75) is 70.9 Å². The van der Waals surface area contributed by atoms with Crippen molar-refractivity contribution in [1.29, 1.82) is 0 Å². The summed E-state index contributed by atoms with van der Waals surface area (Å²) in [5.74, 6) is 1.75. The predicted octanol–water partition coefficient (Wildman–Crippen LogP) is 4.98. The lowest BCUT2D eigenvalue weighted by Gasteiger charge is -2.45. The van der Waals surface area contributed by atoms with Gasteiger partial charge >= 0.3 is 0 Å². The molecule has 2 aliphatic rings. The number of hydrogen-bond acceptors (Lipinski definition) is 3. The first kappa shape index (κ1) is 17.6. The maximum atomic E-state index is 9.84. The van der Waals surface area contributed by atoms with Gasteiger partial charge in [-0.3, -0.25) is 0 Å². The number of piperidine rings is 1. The summed E-state index contributed by atoms with van der Waals surface area (Å²) in [5, 5.41) is 9.84. The van der Waals surface area contributed by atoms with Crippen LogP contribution in [0, 0.1) is 11.8 Å². The van der Waals surface area contributed by atoms with Gasteiger partial charge in [-0.1, -0.05) is 39.2 Å². The van der Waals surface area contributed by atoms with Crippen LogP contribution in [0.5, 0.6) is 5.75 Å². The van der Waals surface area contributed by atoms with Crippen molar-refractivity contribution in [3.05, 3.63) is 24.3 Å². The summed E-state index contributed by atoms with van der Waals surface area (Å²) in [6.45, 7) is 6.69. The molecule has 1 saturated heterocycles. The molecule has 134 valence electrons. The highest BCUT2D eigenvalue weighted by Gasteiger charge is 2.33. The monoisotopic (exact) mass is 331 g/mol. The normalized spacial score (nSPS) is 28.9. The molecule has 24 heavy (non-hydrogen) atoms. The van der Waals surface area contributed by atoms with E-state index >= 15 is 0 Å². The van der Waals surface area contributed by atoms with E-state index in [1.807, 2.05) is 12.1 Å². The fourth-order valence-corrected chi connectivity index (χ4v) is 4.43. The summed E-state index contributed by atoms with van der Waals surface area (Å²) in [6.07, 6.45) is 9.31. The number of benzene rings is 1. The van der Waals surface area contributed by atoms with Crippen molar-refractivity contribution < 1.29 is 9.84 Å². The zero-order chi connectivity index (χ0) is 16.9. The molecule has 3 unspecified atom stereocenters. The van der Waals surface area contributed by atoms with Crippen molar-refractivity contribution >= 4 is 5.69 Å². The molecule has 0 aromatic heterocycles. The van der Waals surface area contributed by atoms with Crippen molar-refractivity contribution in [2.75, 3.05) is 18.1 Å². The molecule has 2 fully saturated rings. The van der Waals surface area contributed by atoms with Gasteiger partial charge in [0.15, 0.2) is 0 Å². The van der Waals surface area contributed by atoms with Crippen LogP contribution in [0.4, 0.5) is 5.69 Å². The van der Waals surface area contributed by atoms with E-state index in [4.69, 9.17) is 4.74 Å². The average molecular weight is 332 g/mol. The Morgan fingerprint density at radius 3 is 2.67 bits per heavy atom. The molecule has 0 spiro atoms. The van der Waals surface area contributed by atoms with E-state index < -0.39 is 0 Å². The molecular weight excluding hydrogens is 298 g/mol. The van der Waals surface area contributed by atoms with Crippen LogP contribution in [0.15, 0.2) is 24.3 Å². The summed E-state index contributed by atoms with van der Waals surface area (Å²) >= 11 is 0. The maximum absolute atomic E-state index is 9.84. The van der Waals surface area contributed by atoms with E-state index in [9.17, 15) is 5.11 Å². The number of phenolic OH excluding ortho intramolecular Hbond substituents is 1. The Hall–Kier alpha value is -1.22. The fraction of sp³-hybridized carbons (Fsp3) is 0.714. The summed E-state index contributed by atoms with van der Waals surface area (Å²) in [5.41, 5.74) is 1.15. The molecule has 3 atom stereocenters. The van der Waals surface area contributed by atoms with Gasteiger partial charge in [-0.15, -0.1) is 0 Å². The van der Waals surface area contributed by atoms with Gasteiger partial charge in [-0.05, 0) is 49.7 Å². The van der Waals surface area contributed by atoms with Crippen LogP contribution in [-0.4, -0.2) is 30.4 Å². The third kappa shape index (κ3) is 4.24. The first-order valence-electron chi connectivity index (χ1n) is 9.82. The number of rotatable bonds is 5. The van der Waals surface area contributed by atoms with Gasteiger partial charge in [0.25, 0.3) is 0 Å². The van der Waals surface area contributed by atoms with Crippen LogP contribution >= 0.6 is 0 Å². The van der Waals surface area contributed by atoms with E-state index in [2.05, 4.69) is 24.8 Å². The summed E-state index contributed by atoms with van der Waals surface area (Å²) in [4.78, 5) is 2.49. The summed E-state index contributed by atoms with van der Waals surface area (Å²) in [6, 6.07) is 8.22. The van der Waals surface area contributed by atoms with Crippen molar-refractivity contribution in [3.8, 4) is 5.75 Å². The topological polar surface area (TPSA) is 32.7 Å². The number of ether oxygens (including phenoxy) is 1.